The third-order valence-corrected chi connectivity index (χ3v) is 7.88. The Kier molecular flexibility index (Phi) is 2.93. The van der Waals surface area contributed by atoms with Crippen molar-refractivity contribution in [1.82, 2.24) is 0 Å². The summed E-state index contributed by atoms with van der Waals surface area (Å²) in [6, 6.07) is 0. The van der Waals surface area contributed by atoms with Gasteiger partial charge in [0, 0.05) is 16.9 Å². The Balaban J connectivity index is 1.64. The van der Waals surface area contributed by atoms with Gasteiger partial charge >= 0.3 is 5.97 Å². The first kappa shape index (κ1) is 16.0. The molecule has 0 aromatic heterocycles. The summed E-state index contributed by atoms with van der Waals surface area (Å²) in [7, 11) is 0. The zero-order valence-electron chi connectivity index (χ0n) is 15.0. The Labute approximate surface area is 147 Å². The molecule has 0 radical (unpaired) electrons. The zero-order valence-corrected chi connectivity index (χ0v) is 15.0. The summed E-state index contributed by atoms with van der Waals surface area (Å²) in [5.41, 5.74) is -0.733. The van der Waals surface area contributed by atoms with Crippen LogP contribution in [-0.4, -0.2) is 46.2 Å². The summed E-state index contributed by atoms with van der Waals surface area (Å²) < 4.78 is 11.4. The third kappa shape index (κ3) is 1.59. The highest BCUT2D eigenvalue weighted by atomic mass is 16.6. The van der Waals surface area contributed by atoms with E-state index in [-0.39, 0.29) is 29.8 Å². The molecule has 1 saturated carbocycles. The molecular weight excluding hydrogens is 320 g/mol. The molecular formula is C20H26O5. The quantitative estimate of drug-likeness (QED) is 0.429. The van der Waals surface area contributed by atoms with Gasteiger partial charge in [0.1, 0.15) is 12.2 Å². The molecule has 1 saturated heterocycles. The van der Waals surface area contributed by atoms with E-state index in [1.54, 1.807) is 0 Å². The number of ether oxygens (including phenoxy) is 2. The Morgan fingerprint density at radius 1 is 1.36 bits per heavy atom. The first-order valence-corrected chi connectivity index (χ1v) is 9.43. The maximum Gasteiger partial charge on any atom is 0.334 e. The van der Waals surface area contributed by atoms with Crippen molar-refractivity contribution in [3.63, 3.8) is 0 Å². The van der Waals surface area contributed by atoms with Gasteiger partial charge in [-0.3, -0.25) is 0 Å². The van der Waals surface area contributed by atoms with Crippen molar-refractivity contribution in [2.45, 2.75) is 63.4 Å². The van der Waals surface area contributed by atoms with Crippen LogP contribution in [-0.2, 0) is 14.3 Å². The number of esters is 1. The van der Waals surface area contributed by atoms with E-state index in [0.29, 0.717) is 19.4 Å². The molecule has 2 aliphatic heterocycles. The van der Waals surface area contributed by atoms with Gasteiger partial charge in [0.2, 0.25) is 0 Å². The van der Waals surface area contributed by atoms with E-state index in [2.05, 4.69) is 20.8 Å². The average Bonchev–Trinajstić information content (AvgIpc) is 3.17. The summed E-state index contributed by atoms with van der Waals surface area (Å²) in [5.74, 6) is 0.125. The van der Waals surface area contributed by atoms with E-state index >= 15 is 0 Å². The zero-order chi connectivity index (χ0) is 17.8. The standard InChI is InChI=1S/C20H26O5/c1-10(2)11-5-7-19(23)18(3)6-4-12-13(9-24-17(12)22)14(18)8-15-20(19,25-15)16(11)21/h5,7,10-11,14-16,21,23H,4,6,8-9H2,1-3H3/t11?,14?,15-,16+,18-,19+,20+/m0/s1. The predicted molar refractivity (Wildman–Crippen MR) is 89.5 cm³/mol. The number of cyclic esters (lactones) is 1. The number of aliphatic hydroxyl groups excluding tert-OH is 1. The first-order chi connectivity index (χ1) is 11.8. The Morgan fingerprint density at radius 2 is 2.12 bits per heavy atom. The van der Waals surface area contributed by atoms with Crippen LogP contribution in [0.15, 0.2) is 23.3 Å². The van der Waals surface area contributed by atoms with Crippen molar-refractivity contribution in [2.75, 3.05) is 6.61 Å². The monoisotopic (exact) mass is 346 g/mol. The SMILES string of the molecule is CC(C)C1C=C[C@]2(O)[C@]3(O[C@H]3CC3C4=C(CC[C@@]32C)C(=O)OC4)[C@@H]1O. The molecule has 7 atom stereocenters. The van der Waals surface area contributed by atoms with E-state index in [1.165, 1.54) is 0 Å². The molecule has 5 aliphatic rings. The van der Waals surface area contributed by atoms with Crippen LogP contribution >= 0.6 is 0 Å². The molecule has 5 nitrogen and oxygen atoms in total. The number of hydrogen-bond acceptors (Lipinski definition) is 5. The van der Waals surface area contributed by atoms with Crippen molar-refractivity contribution < 1.29 is 24.5 Å². The fourth-order valence-electron chi connectivity index (χ4n) is 6.28. The van der Waals surface area contributed by atoms with Gasteiger partial charge in [0.25, 0.3) is 0 Å². The summed E-state index contributed by atoms with van der Waals surface area (Å²) in [6.45, 7) is 6.61. The highest BCUT2D eigenvalue weighted by molar-refractivity contribution is 5.92. The minimum atomic E-state index is -1.22. The molecule has 5 heteroatoms. The molecule has 2 fully saturated rings. The van der Waals surface area contributed by atoms with Crippen LogP contribution in [0, 0.1) is 23.2 Å². The molecule has 25 heavy (non-hydrogen) atoms. The lowest BCUT2D eigenvalue weighted by Crippen LogP contribution is -2.70. The van der Waals surface area contributed by atoms with Crippen LogP contribution in [0.2, 0.25) is 0 Å². The summed E-state index contributed by atoms with van der Waals surface area (Å²) >= 11 is 0. The minimum absolute atomic E-state index is 0.0137. The normalized spacial score (nSPS) is 53.1. The van der Waals surface area contributed by atoms with Gasteiger partial charge in [-0.25, -0.2) is 4.79 Å². The molecule has 5 rings (SSSR count). The fraction of sp³-hybridized carbons (Fsp3) is 0.750. The molecule has 2 unspecified atom stereocenters. The fourth-order valence-corrected chi connectivity index (χ4v) is 6.28. The van der Waals surface area contributed by atoms with E-state index in [4.69, 9.17) is 9.47 Å². The van der Waals surface area contributed by atoms with E-state index < -0.39 is 22.7 Å². The van der Waals surface area contributed by atoms with E-state index in [0.717, 1.165) is 17.6 Å². The maximum atomic E-state index is 12.0. The van der Waals surface area contributed by atoms with Gasteiger partial charge in [-0.15, -0.1) is 0 Å². The van der Waals surface area contributed by atoms with Gasteiger partial charge in [-0.05, 0) is 36.7 Å². The lowest BCUT2D eigenvalue weighted by Gasteiger charge is -2.58. The molecule has 3 aliphatic carbocycles. The average molecular weight is 346 g/mol. The smallest absolute Gasteiger partial charge is 0.334 e. The van der Waals surface area contributed by atoms with Crippen molar-refractivity contribution in [1.29, 1.82) is 0 Å². The third-order valence-electron chi connectivity index (χ3n) is 7.88. The van der Waals surface area contributed by atoms with E-state index in [1.807, 2.05) is 12.2 Å². The molecule has 0 amide bonds. The Bertz CT molecular complexity index is 724. The first-order valence-electron chi connectivity index (χ1n) is 9.43. The van der Waals surface area contributed by atoms with Crippen LogP contribution in [0.4, 0.5) is 0 Å². The number of epoxide rings is 1. The van der Waals surface area contributed by atoms with Crippen molar-refractivity contribution in [3.05, 3.63) is 23.3 Å². The van der Waals surface area contributed by atoms with Crippen LogP contribution in [0.25, 0.3) is 0 Å². The summed E-state index contributed by atoms with van der Waals surface area (Å²) in [4.78, 5) is 12.0. The lowest BCUT2D eigenvalue weighted by molar-refractivity contribution is -0.174. The second-order valence-electron chi connectivity index (χ2n) is 9.08. The maximum absolute atomic E-state index is 12.0. The Morgan fingerprint density at radius 3 is 2.84 bits per heavy atom. The van der Waals surface area contributed by atoms with Gasteiger partial charge < -0.3 is 19.7 Å². The largest absolute Gasteiger partial charge is 0.458 e. The molecule has 0 aromatic rings. The molecule has 0 aromatic carbocycles. The highest BCUT2D eigenvalue weighted by Gasteiger charge is 2.82. The second kappa shape index (κ2) is 4.56. The number of aliphatic hydroxyl groups is 2. The number of carbonyl (C=O) groups excluding carboxylic acids is 1. The van der Waals surface area contributed by atoms with Crippen LogP contribution in [0.1, 0.15) is 40.0 Å². The minimum Gasteiger partial charge on any atom is -0.458 e. The van der Waals surface area contributed by atoms with Crippen LogP contribution in [0.3, 0.4) is 0 Å². The van der Waals surface area contributed by atoms with Gasteiger partial charge in [0.15, 0.2) is 5.60 Å². The molecule has 0 bridgehead atoms. The highest BCUT2D eigenvalue weighted by Crippen LogP contribution is 2.70. The number of hydrogen-bond donors (Lipinski definition) is 2. The van der Waals surface area contributed by atoms with Crippen molar-refractivity contribution in [2.24, 2.45) is 23.2 Å². The summed E-state index contributed by atoms with van der Waals surface area (Å²) in [5, 5.41) is 23.0. The molecule has 2 N–H and O–H groups in total. The van der Waals surface area contributed by atoms with Gasteiger partial charge in [-0.1, -0.05) is 32.9 Å². The number of fused-ring (bicyclic) bond motifs is 3. The second-order valence-corrected chi connectivity index (χ2v) is 9.08. The Hall–Kier alpha value is -1.17. The van der Waals surface area contributed by atoms with E-state index in [9.17, 15) is 15.0 Å². The number of rotatable bonds is 1. The van der Waals surface area contributed by atoms with Crippen molar-refractivity contribution >= 4 is 5.97 Å². The van der Waals surface area contributed by atoms with Gasteiger partial charge in [0.05, 0.1) is 12.2 Å². The topological polar surface area (TPSA) is 79.3 Å². The lowest BCUT2D eigenvalue weighted by atomic mass is 9.46. The van der Waals surface area contributed by atoms with Gasteiger partial charge in [-0.2, -0.15) is 0 Å². The molecule has 1 spiro atoms. The van der Waals surface area contributed by atoms with Crippen molar-refractivity contribution in [3.8, 4) is 0 Å². The molecule has 2 heterocycles. The molecule has 136 valence electrons. The number of carbonyl (C=O) groups is 1. The summed E-state index contributed by atoms with van der Waals surface area (Å²) in [6.07, 6.45) is 5.07. The van der Waals surface area contributed by atoms with Crippen LogP contribution in [0.5, 0.6) is 0 Å². The van der Waals surface area contributed by atoms with Crippen LogP contribution < -0.4 is 0 Å². The predicted octanol–water partition coefficient (Wildman–Crippen LogP) is 1.73.